The summed E-state index contributed by atoms with van der Waals surface area (Å²) in [6.45, 7) is 5.46. The van der Waals surface area contributed by atoms with E-state index in [1.807, 2.05) is 29.4 Å². The van der Waals surface area contributed by atoms with E-state index in [9.17, 15) is 4.79 Å². The van der Waals surface area contributed by atoms with Crippen LogP contribution in [0.4, 0.5) is 5.69 Å². The van der Waals surface area contributed by atoms with E-state index in [1.54, 1.807) is 0 Å². The summed E-state index contributed by atoms with van der Waals surface area (Å²) in [7, 11) is 0. The predicted octanol–water partition coefficient (Wildman–Crippen LogP) is 2.67. The molecule has 0 saturated carbocycles. The summed E-state index contributed by atoms with van der Waals surface area (Å²) < 4.78 is 0. The fourth-order valence-corrected chi connectivity index (χ4v) is 2.93. The maximum atomic E-state index is 12.4. The lowest BCUT2D eigenvalue weighted by atomic mass is 10.1. The van der Waals surface area contributed by atoms with Crippen molar-refractivity contribution in [2.75, 3.05) is 31.1 Å². The summed E-state index contributed by atoms with van der Waals surface area (Å²) in [6, 6.07) is 12.5. The highest BCUT2D eigenvalue weighted by atomic mass is 16.2. The molecule has 1 aliphatic rings. The molecule has 4 heteroatoms. The van der Waals surface area contributed by atoms with Crippen molar-refractivity contribution in [2.45, 2.75) is 19.8 Å². The largest absolute Gasteiger partial charge is 0.368 e. The molecule has 23 heavy (non-hydrogen) atoms. The Labute approximate surface area is 137 Å². The highest BCUT2D eigenvalue weighted by Gasteiger charge is 2.20. The van der Waals surface area contributed by atoms with Crippen LogP contribution in [-0.2, 0) is 11.2 Å². The van der Waals surface area contributed by atoms with Gasteiger partial charge in [-0.25, -0.2) is 0 Å². The molecule has 3 rings (SSSR count). The van der Waals surface area contributed by atoms with Crippen LogP contribution >= 0.6 is 0 Å². The molecular formula is C19H23N3O. The second kappa shape index (κ2) is 7.27. The van der Waals surface area contributed by atoms with E-state index in [1.165, 1.54) is 16.8 Å². The van der Waals surface area contributed by atoms with Crippen molar-refractivity contribution in [3.05, 3.63) is 59.9 Å². The number of pyridine rings is 1. The Hall–Kier alpha value is -2.36. The second-order valence-corrected chi connectivity index (χ2v) is 6.06. The van der Waals surface area contributed by atoms with Gasteiger partial charge in [-0.1, -0.05) is 29.8 Å². The van der Waals surface area contributed by atoms with Crippen LogP contribution in [-0.4, -0.2) is 42.0 Å². The SMILES string of the molecule is Cc1ccc(CCC(=O)N2CCN(c3ccncc3)CC2)cc1. The van der Waals surface area contributed by atoms with Crippen molar-refractivity contribution in [3.8, 4) is 0 Å². The number of nitrogens with zero attached hydrogens (tertiary/aromatic N) is 3. The third kappa shape index (κ3) is 4.09. The molecule has 1 amide bonds. The number of aromatic nitrogens is 1. The first-order chi connectivity index (χ1) is 11.2. The fraction of sp³-hybridized carbons (Fsp3) is 0.368. The lowest BCUT2D eigenvalue weighted by molar-refractivity contribution is -0.131. The summed E-state index contributed by atoms with van der Waals surface area (Å²) in [6.07, 6.45) is 5.05. The van der Waals surface area contributed by atoms with E-state index in [0.29, 0.717) is 6.42 Å². The summed E-state index contributed by atoms with van der Waals surface area (Å²) in [4.78, 5) is 20.7. The van der Waals surface area contributed by atoms with Crippen molar-refractivity contribution >= 4 is 11.6 Å². The smallest absolute Gasteiger partial charge is 0.223 e. The van der Waals surface area contributed by atoms with Gasteiger partial charge in [0.05, 0.1) is 0 Å². The molecule has 0 atom stereocenters. The zero-order chi connectivity index (χ0) is 16.1. The van der Waals surface area contributed by atoms with Crippen LogP contribution in [0.3, 0.4) is 0 Å². The highest BCUT2D eigenvalue weighted by molar-refractivity contribution is 5.76. The summed E-state index contributed by atoms with van der Waals surface area (Å²) >= 11 is 0. The number of anilines is 1. The van der Waals surface area contributed by atoms with Gasteiger partial charge in [-0.05, 0) is 31.0 Å². The molecule has 0 radical (unpaired) electrons. The Kier molecular flexibility index (Phi) is 4.91. The number of carbonyl (C=O) groups is 1. The minimum Gasteiger partial charge on any atom is -0.368 e. The Morgan fingerprint density at radius 2 is 1.65 bits per heavy atom. The van der Waals surface area contributed by atoms with Crippen LogP contribution in [0.5, 0.6) is 0 Å². The van der Waals surface area contributed by atoms with Gasteiger partial charge in [0.25, 0.3) is 0 Å². The molecule has 1 saturated heterocycles. The van der Waals surface area contributed by atoms with Gasteiger partial charge in [0.1, 0.15) is 0 Å². The lowest BCUT2D eigenvalue weighted by Gasteiger charge is -2.36. The molecule has 0 aliphatic carbocycles. The summed E-state index contributed by atoms with van der Waals surface area (Å²) in [5, 5.41) is 0. The Balaban J connectivity index is 1.47. The van der Waals surface area contributed by atoms with Gasteiger partial charge >= 0.3 is 0 Å². The standard InChI is InChI=1S/C19H23N3O/c1-16-2-4-17(5-3-16)6-7-19(23)22-14-12-21(13-15-22)18-8-10-20-11-9-18/h2-5,8-11H,6-7,12-15H2,1H3. The average Bonchev–Trinajstić information content (AvgIpc) is 2.62. The third-order valence-corrected chi connectivity index (χ3v) is 4.41. The van der Waals surface area contributed by atoms with Crippen molar-refractivity contribution in [3.63, 3.8) is 0 Å². The van der Waals surface area contributed by atoms with Crippen LogP contribution in [0, 0.1) is 6.92 Å². The maximum absolute atomic E-state index is 12.4. The molecule has 1 aliphatic heterocycles. The molecule has 0 bridgehead atoms. The zero-order valence-electron chi connectivity index (χ0n) is 13.6. The molecule has 2 heterocycles. The number of benzene rings is 1. The number of hydrogen-bond donors (Lipinski definition) is 0. The van der Waals surface area contributed by atoms with E-state index in [2.05, 4.69) is 41.1 Å². The second-order valence-electron chi connectivity index (χ2n) is 6.06. The molecule has 120 valence electrons. The van der Waals surface area contributed by atoms with Crippen molar-refractivity contribution in [2.24, 2.45) is 0 Å². The summed E-state index contributed by atoms with van der Waals surface area (Å²) in [5.74, 6) is 0.264. The molecule has 1 aromatic carbocycles. The number of carbonyl (C=O) groups excluding carboxylic acids is 1. The molecule has 2 aromatic rings. The van der Waals surface area contributed by atoms with Gasteiger partial charge < -0.3 is 9.80 Å². The molecule has 0 N–H and O–H groups in total. The van der Waals surface area contributed by atoms with Crippen LogP contribution < -0.4 is 4.90 Å². The van der Waals surface area contributed by atoms with Crippen molar-refractivity contribution in [1.82, 2.24) is 9.88 Å². The first-order valence-electron chi connectivity index (χ1n) is 8.21. The number of aryl methyl sites for hydroxylation is 2. The third-order valence-electron chi connectivity index (χ3n) is 4.41. The minimum absolute atomic E-state index is 0.264. The molecule has 1 aromatic heterocycles. The molecule has 4 nitrogen and oxygen atoms in total. The first kappa shape index (κ1) is 15.5. The lowest BCUT2D eigenvalue weighted by Crippen LogP contribution is -2.48. The van der Waals surface area contributed by atoms with Gasteiger partial charge in [0.15, 0.2) is 0 Å². The van der Waals surface area contributed by atoms with Crippen molar-refractivity contribution in [1.29, 1.82) is 0 Å². The van der Waals surface area contributed by atoms with Gasteiger partial charge in [-0.3, -0.25) is 9.78 Å². The van der Waals surface area contributed by atoms with Crippen LogP contribution in [0.2, 0.25) is 0 Å². The van der Waals surface area contributed by atoms with Crippen molar-refractivity contribution < 1.29 is 4.79 Å². The molecular weight excluding hydrogens is 286 g/mol. The average molecular weight is 309 g/mol. The zero-order valence-corrected chi connectivity index (χ0v) is 13.6. The van der Waals surface area contributed by atoms with Gasteiger partial charge in [-0.2, -0.15) is 0 Å². The van der Waals surface area contributed by atoms with Crippen LogP contribution in [0.15, 0.2) is 48.8 Å². The predicted molar refractivity (Wildman–Crippen MR) is 92.5 cm³/mol. The Bertz CT molecular complexity index is 631. The first-order valence-corrected chi connectivity index (χ1v) is 8.21. The topological polar surface area (TPSA) is 36.4 Å². The quantitative estimate of drug-likeness (QED) is 0.871. The van der Waals surface area contributed by atoms with Gasteiger partial charge in [0, 0.05) is 50.7 Å². The number of amides is 1. The van der Waals surface area contributed by atoms with Crippen LogP contribution in [0.1, 0.15) is 17.5 Å². The van der Waals surface area contributed by atoms with E-state index < -0.39 is 0 Å². The minimum atomic E-state index is 0.264. The van der Waals surface area contributed by atoms with E-state index >= 15 is 0 Å². The fourth-order valence-electron chi connectivity index (χ4n) is 2.93. The van der Waals surface area contributed by atoms with E-state index in [0.717, 1.165) is 32.6 Å². The number of piperazine rings is 1. The Morgan fingerprint density at radius 3 is 2.30 bits per heavy atom. The van der Waals surface area contributed by atoms with Gasteiger partial charge in [-0.15, -0.1) is 0 Å². The van der Waals surface area contributed by atoms with Crippen LogP contribution in [0.25, 0.3) is 0 Å². The molecule has 1 fully saturated rings. The van der Waals surface area contributed by atoms with Gasteiger partial charge in [0.2, 0.25) is 5.91 Å². The number of hydrogen-bond acceptors (Lipinski definition) is 3. The van der Waals surface area contributed by atoms with E-state index in [-0.39, 0.29) is 5.91 Å². The number of rotatable bonds is 4. The summed E-state index contributed by atoms with van der Waals surface area (Å²) in [5.41, 5.74) is 3.68. The van der Waals surface area contributed by atoms with E-state index in [4.69, 9.17) is 0 Å². The monoisotopic (exact) mass is 309 g/mol. The maximum Gasteiger partial charge on any atom is 0.223 e. The molecule has 0 spiro atoms. The normalized spacial score (nSPS) is 14.8. The Morgan fingerprint density at radius 1 is 1.00 bits per heavy atom. The molecule has 0 unspecified atom stereocenters. The highest BCUT2D eigenvalue weighted by Crippen LogP contribution is 2.15.